The molecule has 13 atom stereocenters. The highest BCUT2D eigenvalue weighted by Gasteiger charge is 2.59. The molecular weight excluding hydrogens is 1440 g/mol. The van der Waals surface area contributed by atoms with Crippen LogP contribution in [-0.2, 0) is 67.0 Å². The summed E-state index contributed by atoms with van der Waals surface area (Å²) >= 11 is 6.44. The van der Waals surface area contributed by atoms with Crippen LogP contribution in [-0.4, -0.2) is 295 Å². The van der Waals surface area contributed by atoms with Crippen molar-refractivity contribution >= 4 is 82.5 Å². The molecule has 6 aliphatic rings. The van der Waals surface area contributed by atoms with Crippen molar-refractivity contribution in [2.45, 2.75) is 261 Å². The molecule has 12 amide bonds. The number of carbonyl (C=O) groups excluding carboxylic acids is 12. The van der Waals surface area contributed by atoms with Gasteiger partial charge in [0.1, 0.15) is 53.9 Å². The van der Waals surface area contributed by atoms with Crippen LogP contribution in [0.4, 0.5) is 22.0 Å². The van der Waals surface area contributed by atoms with Gasteiger partial charge in [-0.2, -0.15) is 13.2 Å². The SMILES string of the molecule is CCCOC[C@H]1C(=O)N[C@@H]([C@@H](C)CC)C(=O)N(C)CC(=O)N(C)[C@H]2C/C=C\CCN(C2=O)[C@@H](CC2CCC(F)(F)CC2)C(=O)N(C)CC(=O)N[C@@H](CCC2CCC(C(F)(F)F)C(Cl)C2)C(=O)N2C[C@H](OCC)C[C@H]2C(=O)NC2(CC(C)(C)C2)C(=O)N(C)[C@@H](C(CC)CC)C(=O)N(C)[C@H](C(=O)N(C)C)CC(=O)N1C. The van der Waals surface area contributed by atoms with Gasteiger partial charge < -0.3 is 69.5 Å². The minimum atomic E-state index is -4.57. The lowest BCUT2D eigenvalue weighted by atomic mass is 9.58. The van der Waals surface area contributed by atoms with E-state index in [2.05, 4.69) is 16.0 Å². The molecule has 3 aliphatic heterocycles. The Balaban J connectivity index is 1.50. The monoisotopic (exact) mass is 1560 g/mol. The van der Waals surface area contributed by atoms with E-state index in [0.717, 1.165) is 24.5 Å². The Bertz CT molecular complexity index is 3200. The fourth-order valence-corrected chi connectivity index (χ4v) is 17.3. The van der Waals surface area contributed by atoms with Crippen LogP contribution in [0.2, 0.25) is 0 Å². The first-order chi connectivity index (χ1) is 50.5. The number of fused-ring (bicyclic) bond motifs is 3. The van der Waals surface area contributed by atoms with Gasteiger partial charge in [-0.15, -0.1) is 11.6 Å². The number of carbonyl (C=O) groups is 12. The van der Waals surface area contributed by atoms with Crippen molar-refractivity contribution in [3.05, 3.63) is 12.2 Å². The maximum absolute atomic E-state index is 15.8. The molecule has 2 bridgehead atoms. The second kappa shape index (κ2) is 38.9. The summed E-state index contributed by atoms with van der Waals surface area (Å²) in [6, 6.07) is -11.2. The Kier molecular flexibility index (Phi) is 32.5. The highest BCUT2D eigenvalue weighted by molar-refractivity contribution is 6.21. The molecule has 3 aliphatic carbocycles. The van der Waals surface area contributed by atoms with E-state index in [9.17, 15) is 50.7 Å². The zero-order valence-electron chi connectivity index (χ0n) is 66.4. The zero-order valence-corrected chi connectivity index (χ0v) is 67.2. The lowest BCUT2D eigenvalue weighted by Crippen LogP contribution is -2.71. The summed E-state index contributed by atoms with van der Waals surface area (Å²) in [4.78, 5) is 193. The van der Waals surface area contributed by atoms with E-state index in [1.54, 1.807) is 32.9 Å². The first kappa shape index (κ1) is 90.1. The van der Waals surface area contributed by atoms with Crippen molar-refractivity contribution in [1.29, 1.82) is 0 Å². The van der Waals surface area contributed by atoms with Crippen molar-refractivity contribution in [1.82, 2.24) is 60.0 Å². The molecule has 612 valence electrons. The van der Waals surface area contributed by atoms with E-state index in [0.29, 0.717) is 25.7 Å². The van der Waals surface area contributed by atoms with E-state index < -0.39 is 216 Å². The maximum atomic E-state index is 15.8. The first-order valence-electron chi connectivity index (χ1n) is 38.7. The number of ether oxygens (including phenoxy) is 2. The second-order valence-corrected chi connectivity index (χ2v) is 32.8. The fraction of sp³-hybridized carbons (Fsp3) is 0.816. The number of hydrogen-bond donors (Lipinski definition) is 3. The minimum absolute atomic E-state index is 0.0132. The van der Waals surface area contributed by atoms with Gasteiger partial charge >= 0.3 is 6.18 Å². The average molecular weight is 1560 g/mol. The number of halogens is 6. The maximum Gasteiger partial charge on any atom is 0.393 e. The first-order valence-corrected chi connectivity index (χ1v) is 39.2. The molecule has 0 aromatic carbocycles. The number of hydrogen-bond acceptors (Lipinski definition) is 14. The summed E-state index contributed by atoms with van der Waals surface area (Å²) in [5, 5.41) is 7.34. The second-order valence-electron chi connectivity index (χ2n) is 32.2. The molecule has 3 saturated carbocycles. The number of rotatable bonds is 17. The standard InChI is InChI=1S/C76H122ClF5N12O14/c1-17-35-107-43-58-64(98)84-62(46(6)18-2)70(104)88(12)42-61(97)89(13)54-25-23-22-24-34-93(69(54)103)57(37-48-30-32-75(78,79)33-31-48)68(102)87(11)41-59(95)83-53(29-27-47-26-28-51(52(77)36-47)76(80,81)82)66(100)94-40-50(108-21-5)38-55(94)65(99)85-74(44-73(7,8)45-74)72(106)92(16)63(49(19-3)20-4)71(105)91(15)56(67(101)86(9)10)39-60(96)90(58)14/h22-23,46-58,62-63H,17-21,24-45H2,1-16H3,(H,83,95)(H,84,98)(H,85,99)/b23-22-/t46-,47?,50+,51?,52?,53-,54-,55-,56-,57-,58-,62-,63-/m0/s1. The third kappa shape index (κ3) is 22.5. The van der Waals surface area contributed by atoms with Crippen molar-refractivity contribution in [3.8, 4) is 0 Å². The van der Waals surface area contributed by atoms with Crippen LogP contribution in [0, 0.1) is 35.0 Å². The summed E-state index contributed by atoms with van der Waals surface area (Å²) < 4.78 is 84.1. The molecule has 26 nitrogen and oxygen atoms in total. The Labute approximate surface area is 639 Å². The van der Waals surface area contributed by atoms with Crippen LogP contribution < -0.4 is 16.0 Å². The third-order valence-electron chi connectivity index (χ3n) is 23.4. The molecule has 3 unspecified atom stereocenters. The molecule has 0 aromatic rings. The molecule has 108 heavy (non-hydrogen) atoms. The quantitative estimate of drug-likeness (QED) is 0.0616. The predicted molar refractivity (Wildman–Crippen MR) is 394 cm³/mol. The van der Waals surface area contributed by atoms with Crippen LogP contribution in [0.5, 0.6) is 0 Å². The number of nitrogens with zero attached hydrogens (tertiary/aromatic N) is 9. The summed E-state index contributed by atoms with van der Waals surface area (Å²) in [5.74, 6) is -16.0. The highest BCUT2D eigenvalue weighted by atomic mass is 35.5. The molecule has 32 heteroatoms. The van der Waals surface area contributed by atoms with Crippen LogP contribution >= 0.6 is 11.6 Å². The van der Waals surface area contributed by atoms with Gasteiger partial charge in [-0.1, -0.05) is 79.9 Å². The number of alkyl halides is 6. The van der Waals surface area contributed by atoms with Gasteiger partial charge in [0, 0.05) is 107 Å². The van der Waals surface area contributed by atoms with E-state index in [1.165, 1.54) is 76.0 Å². The predicted octanol–water partition coefficient (Wildman–Crippen LogP) is 6.39. The van der Waals surface area contributed by atoms with Gasteiger partial charge in [0.05, 0.1) is 38.1 Å². The smallest absolute Gasteiger partial charge is 0.379 e. The number of amides is 12. The van der Waals surface area contributed by atoms with Crippen LogP contribution in [0.1, 0.15) is 184 Å². The van der Waals surface area contributed by atoms with E-state index in [4.69, 9.17) is 21.1 Å². The minimum Gasteiger partial charge on any atom is -0.379 e. The lowest BCUT2D eigenvalue weighted by Gasteiger charge is -2.54. The molecule has 1 spiro atoms. The topological polar surface area (TPSA) is 289 Å². The third-order valence-corrected chi connectivity index (χ3v) is 23.9. The van der Waals surface area contributed by atoms with Crippen molar-refractivity contribution in [2.24, 2.45) is 35.0 Å². The summed E-state index contributed by atoms with van der Waals surface area (Å²) in [6.07, 6.45) is -2.43. The zero-order chi connectivity index (χ0) is 80.8. The Hall–Kier alpha value is -6.76. The Morgan fingerprint density at radius 3 is 1.91 bits per heavy atom. The highest BCUT2D eigenvalue weighted by Crippen LogP contribution is 2.50. The van der Waals surface area contributed by atoms with Gasteiger partial charge in [0.15, 0.2) is 0 Å². The van der Waals surface area contributed by atoms with Crippen LogP contribution in [0.25, 0.3) is 0 Å². The van der Waals surface area contributed by atoms with Crippen LogP contribution in [0.3, 0.4) is 0 Å². The molecule has 2 saturated heterocycles. The number of nitrogens with one attached hydrogen (secondary N) is 3. The van der Waals surface area contributed by atoms with Gasteiger partial charge in [-0.05, 0) is 119 Å². The Morgan fingerprint density at radius 1 is 0.694 bits per heavy atom. The summed E-state index contributed by atoms with van der Waals surface area (Å²) in [5.41, 5.74) is -2.29. The number of likely N-dealkylation sites (N-methyl/N-ethyl adjacent to an activating group) is 7. The van der Waals surface area contributed by atoms with Crippen LogP contribution in [0.15, 0.2) is 12.2 Å². The largest absolute Gasteiger partial charge is 0.393 e. The lowest BCUT2D eigenvalue weighted by molar-refractivity contribution is -0.182. The fourth-order valence-electron chi connectivity index (χ4n) is 16.8. The van der Waals surface area contributed by atoms with Crippen molar-refractivity contribution in [2.75, 3.05) is 102 Å². The molecule has 3 N–H and O–H groups in total. The van der Waals surface area contributed by atoms with Crippen molar-refractivity contribution < 1.29 is 89.0 Å². The van der Waals surface area contributed by atoms with Gasteiger partial charge in [0.25, 0.3) is 0 Å². The van der Waals surface area contributed by atoms with Gasteiger partial charge in [-0.3, -0.25) is 57.5 Å². The molecule has 3 heterocycles. The molecule has 5 fully saturated rings. The summed E-state index contributed by atoms with van der Waals surface area (Å²) in [7, 11) is 11.0. The Morgan fingerprint density at radius 2 is 1.33 bits per heavy atom. The normalized spacial score (nSPS) is 30.0. The van der Waals surface area contributed by atoms with Gasteiger partial charge in [0.2, 0.25) is 76.8 Å². The van der Waals surface area contributed by atoms with E-state index in [1.807, 2.05) is 34.6 Å². The summed E-state index contributed by atoms with van der Waals surface area (Å²) in [6.45, 7) is 12.7. The van der Waals surface area contributed by atoms with Gasteiger partial charge in [-0.25, -0.2) is 8.78 Å². The van der Waals surface area contributed by atoms with E-state index in [-0.39, 0.29) is 116 Å². The average Bonchev–Trinajstić information content (AvgIpc) is 0.880. The molecule has 0 radical (unpaired) electrons. The molecule has 6 rings (SSSR count). The van der Waals surface area contributed by atoms with Crippen molar-refractivity contribution in [3.63, 3.8) is 0 Å². The molecule has 0 aromatic heterocycles. The van der Waals surface area contributed by atoms with E-state index >= 15 is 28.8 Å². The molecular formula is C76H122ClF5N12O14.